The molecule has 0 spiro atoms. The molecule has 2 bridgehead atoms. The Hall–Kier alpha value is -1.64. The maximum Gasteiger partial charge on any atom is 0.251 e. The van der Waals surface area contributed by atoms with Crippen molar-refractivity contribution in [2.24, 2.45) is 17.8 Å². The summed E-state index contributed by atoms with van der Waals surface area (Å²) in [5.74, 6) is 2.42. The quantitative estimate of drug-likeness (QED) is 0.855. The molecule has 3 unspecified atom stereocenters. The first-order valence-corrected chi connectivity index (χ1v) is 7.52. The fraction of sp³-hybridized carbons (Fsp3) is 0.529. The van der Waals surface area contributed by atoms with Gasteiger partial charge in [0.05, 0.1) is 0 Å². The molecule has 106 valence electrons. The topological polar surface area (TPSA) is 46.2 Å². The first-order valence-electron chi connectivity index (χ1n) is 7.52. The smallest absolute Gasteiger partial charge is 0.251 e. The molecule has 1 amide bonds. The minimum absolute atomic E-state index is 0.0251. The van der Waals surface area contributed by atoms with Crippen molar-refractivity contribution in [3.05, 3.63) is 35.4 Å². The van der Waals surface area contributed by atoms with Gasteiger partial charge in [0.15, 0.2) is 5.78 Å². The van der Waals surface area contributed by atoms with E-state index in [-0.39, 0.29) is 11.7 Å². The highest BCUT2D eigenvalue weighted by Gasteiger charge is 2.39. The van der Waals surface area contributed by atoms with E-state index in [1.807, 2.05) is 0 Å². The number of carbonyl (C=O) groups is 2. The monoisotopic (exact) mass is 271 g/mol. The summed E-state index contributed by atoms with van der Waals surface area (Å²) in [6, 6.07) is 6.89. The second-order valence-corrected chi connectivity index (χ2v) is 6.28. The van der Waals surface area contributed by atoms with Crippen LogP contribution in [-0.2, 0) is 0 Å². The number of Topliss-reactive ketones (excluding diaryl/α,β-unsaturated/α-hetero) is 1. The van der Waals surface area contributed by atoms with E-state index in [1.165, 1.54) is 32.6 Å². The van der Waals surface area contributed by atoms with Crippen LogP contribution in [0.25, 0.3) is 0 Å². The van der Waals surface area contributed by atoms with E-state index in [4.69, 9.17) is 0 Å². The van der Waals surface area contributed by atoms with E-state index in [0.717, 1.165) is 18.4 Å². The van der Waals surface area contributed by atoms with Gasteiger partial charge in [-0.05, 0) is 56.1 Å². The number of carbonyl (C=O) groups excluding carboxylic acids is 2. The van der Waals surface area contributed by atoms with Crippen molar-refractivity contribution >= 4 is 11.7 Å². The molecule has 0 saturated heterocycles. The third-order valence-corrected chi connectivity index (χ3v) is 4.96. The Morgan fingerprint density at radius 2 is 1.80 bits per heavy atom. The Labute approximate surface area is 119 Å². The average molecular weight is 271 g/mol. The van der Waals surface area contributed by atoms with Crippen molar-refractivity contribution in [3.8, 4) is 0 Å². The molecule has 3 heteroatoms. The zero-order valence-electron chi connectivity index (χ0n) is 11.9. The van der Waals surface area contributed by atoms with Crippen molar-refractivity contribution in [3.63, 3.8) is 0 Å². The Bertz CT molecular complexity index is 520. The van der Waals surface area contributed by atoms with Gasteiger partial charge in [0.1, 0.15) is 0 Å². The Balaban J connectivity index is 1.55. The van der Waals surface area contributed by atoms with Gasteiger partial charge in [0.25, 0.3) is 5.91 Å². The van der Waals surface area contributed by atoms with E-state index in [9.17, 15) is 9.59 Å². The lowest BCUT2D eigenvalue weighted by molar-refractivity contribution is 0.0940. The van der Waals surface area contributed by atoms with Gasteiger partial charge in [0, 0.05) is 17.7 Å². The molecule has 2 saturated carbocycles. The summed E-state index contributed by atoms with van der Waals surface area (Å²) in [4.78, 5) is 23.3. The largest absolute Gasteiger partial charge is 0.352 e. The maximum atomic E-state index is 12.1. The first-order chi connectivity index (χ1) is 9.63. The molecule has 0 aliphatic heterocycles. The van der Waals surface area contributed by atoms with Crippen LogP contribution in [0.5, 0.6) is 0 Å². The van der Waals surface area contributed by atoms with Crippen LogP contribution < -0.4 is 5.32 Å². The van der Waals surface area contributed by atoms with Crippen molar-refractivity contribution in [2.45, 2.75) is 32.6 Å². The lowest BCUT2D eigenvalue weighted by atomic mass is 9.89. The molecular formula is C17H21NO2. The van der Waals surface area contributed by atoms with Crippen LogP contribution in [0.2, 0.25) is 0 Å². The summed E-state index contributed by atoms with van der Waals surface area (Å²) >= 11 is 0. The number of benzene rings is 1. The number of nitrogens with one attached hydrogen (secondary N) is 1. The lowest BCUT2D eigenvalue weighted by Crippen LogP contribution is -2.31. The standard InChI is InChI=1S/C17H21NO2/c1-11(19)13-4-6-14(7-5-13)17(20)18-10-16-9-12-2-3-15(16)8-12/h4-7,12,15-16H,2-3,8-10H2,1H3,(H,18,20). The molecule has 20 heavy (non-hydrogen) atoms. The van der Waals surface area contributed by atoms with Gasteiger partial charge in [-0.1, -0.05) is 18.6 Å². The molecule has 1 aromatic rings. The molecule has 0 aromatic heterocycles. The van der Waals surface area contributed by atoms with E-state index >= 15 is 0 Å². The summed E-state index contributed by atoms with van der Waals surface area (Å²) in [6.07, 6.45) is 5.39. The van der Waals surface area contributed by atoms with Crippen molar-refractivity contribution in [2.75, 3.05) is 6.54 Å². The summed E-state index contributed by atoms with van der Waals surface area (Å²) in [7, 11) is 0. The molecule has 3 nitrogen and oxygen atoms in total. The number of hydrogen-bond donors (Lipinski definition) is 1. The fourth-order valence-corrected chi connectivity index (χ4v) is 3.81. The van der Waals surface area contributed by atoms with E-state index in [1.54, 1.807) is 24.3 Å². The second kappa shape index (κ2) is 5.39. The maximum absolute atomic E-state index is 12.1. The molecule has 0 heterocycles. The number of ketones is 1. The normalized spacial score (nSPS) is 27.6. The summed E-state index contributed by atoms with van der Waals surface area (Å²) in [5, 5.41) is 3.05. The molecule has 0 radical (unpaired) electrons. The van der Waals surface area contributed by atoms with Gasteiger partial charge in [0.2, 0.25) is 0 Å². The summed E-state index contributed by atoms with van der Waals surface area (Å²) < 4.78 is 0. The second-order valence-electron chi connectivity index (χ2n) is 6.28. The minimum Gasteiger partial charge on any atom is -0.352 e. The summed E-state index contributed by atoms with van der Waals surface area (Å²) in [5.41, 5.74) is 1.29. The molecule has 1 N–H and O–H groups in total. The van der Waals surface area contributed by atoms with Gasteiger partial charge in [-0.15, -0.1) is 0 Å². The van der Waals surface area contributed by atoms with Gasteiger partial charge >= 0.3 is 0 Å². The number of fused-ring (bicyclic) bond motifs is 2. The van der Waals surface area contributed by atoms with Crippen LogP contribution in [0.15, 0.2) is 24.3 Å². The highest BCUT2D eigenvalue weighted by atomic mass is 16.1. The summed E-state index contributed by atoms with van der Waals surface area (Å²) in [6.45, 7) is 2.33. The third kappa shape index (κ3) is 2.62. The van der Waals surface area contributed by atoms with Crippen LogP contribution >= 0.6 is 0 Å². The first kappa shape index (κ1) is 13.3. The molecule has 3 rings (SSSR count). The molecule has 1 aromatic carbocycles. The zero-order valence-corrected chi connectivity index (χ0v) is 11.9. The molecule has 3 atom stereocenters. The van der Waals surface area contributed by atoms with Crippen LogP contribution in [0, 0.1) is 17.8 Å². The highest BCUT2D eigenvalue weighted by molar-refractivity contribution is 5.97. The van der Waals surface area contributed by atoms with Crippen LogP contribution in [0.4, 0.5) is 0 Å². The Morgan fingerprint density at radius 1 is 1.10 bits per heavy atom. The number of hydrogen-bond acceptors (Lipinski definition) is 2. The Kier molecular flexibility index (Phi) is 3.60. The fourth-order valence-electron chi connectivity index (χ4n) is 3.81. The average Bonchev–Trinajstić information content (AvgIpc) is 3.07. The third-order valence-electron chi connectivity index (χ3n) is 4.96. The van der Waals surface area contributed by atoms with E-state index in [2.05, 4.69) is 5.32 Å². The zero-order chi connectivity index (χ0) is 14.1. The van der Waals surface area contributed by atoms with Gasteiger partial charge in [-0.3, -0.25) is 9.59 Å². The minimum atomic E-state index is -0.0251. The van der Waals surface area contributed by atoms with E-state index < -0.39 is 0 Å². The van der Waals surface area contributed by atoms with Crippen LogP contribution in [0.1, 0.15) is 53.3 Å². The predicted octanol–water partition coefficient (Wildman–Crippen LogP) is 3.06. The van der Waals surface area contributed by atoms with Crippen molar-refractivity contribution in [1.29, 1.82) is 0 Å². The van der Waals surface area contributed by atoms with Crippen LogP contribution in [0.3, 0.4) is 0 Å². The molecule has 2 fully saturated rings. The Morgan fingerprint density at radius 3 is 2.35 bits per heavy atom. The predicted molar refractivity (Wildman–Crippen MR) is 77.7 cm³/mol. The molecular weight excluding hydrogens is 250 g/mol. The molecule has 2 aliphatic rings. The van der Waals surface area contributed by atoms with E-state index in [0.29, 0.717) is 17.0 Å². The van der Waals surface area contributed by atoms with Gasteiger partial charge < -0.3 is 5.32 Å². The highest BCUT2D eigenvalue weighted by Crippen LogP contribution is 2.47. The number of rotatable bonds is 4. The van der Waals surface area contributed by atoms with Crippen LogP contribution in [-0.4, -0.2) is 18.2 Å². The number of amides is 1. The molecule has 2 aliphatic carbocycles. The van der Waals surface area contributed by atoms with Crippen molar-refractivity contribution in [1.82, 2.24) is 5.32 Å². The van der Waals surface area contributed by atoms with Gasteiger partial charge in [-0.2, -0.15) is 0 Å². The van der Waals surface area contributed by atoms with Crippen molar-refractivity contribution < 1.29 is 9.59 Å². The van der Waals surface area contributed by atoms with Gasteiger partial charge in [-0.25, -0.2) is 0 Å². The lowest BCUT2D eigenvalue weighted by Gasteiger charge is -2.21. The SMILES string of the molecule is CC(=O)c1ccc(C(=O)NCC2CC3CCC2C3)cc1.